The molecule has 0 spiro atoms. The summed E-state index contributed by atoms with van der Waals surface area (Å²) in [5, 5.41) is 8.84. The lowest BCUT2D eigenvalue weighted by Crippen LogP contribution is -2.06. The Bertz CT molecular complexity index is 498. The summed E-state index contributed by atoms with van der Waals surface area (Å²) in [4.78, 5) is 0. The Morgan fingerprint density at radius 1 is 1.18 bits per heavy atom. The number of methoxy groups -OCH3 is 2. The van der Waals surface area contributed by atoms with Gasteiger partial charge in [-0.25, -0.2) is 0 Å². The maximum absolute atomic E-state index is 8.84. The molecule has 1 aromatic carbocycles. The fourth-order valence-electron chi connectivity index (χ4n) is 2.37. The van der Waals surface area contributed by atoms with Crippen LogP contribution in [0.15, 0.2) is 18.2 Å². The van der Waals surface area contributed by atoms with E-state index in [0.717, 1.165) is 47.5 Å². The van der Waals surface area contributed by atoms with Gasteiger partial charge in [0.1, 0.15) is 11.5 Å². The molecule has 1 aromatic rings. The van der Waals surface area contributed by atoms with E-state index >= 15 is 0 Å². The van der Waals surface area contributed by atoms with E-state index in [1.807, 2.05) is 12.1 Å². The summed E-state index contributed by atoms with van der Waals surface area (Å²) in [6, 6.07) is 5.93. The Kier molecular flexibility index (Phi) is 3.34. The standard InChI is InChI=1S/C14H15NO2/c1-16-12-6-7-13(17-2)14-10(8-9-15)4-3-5-11(12)14/h6-8H,3-5H2,1-2H3/b10-8+. The minimum Gasteiger partial charge on any atom is -0.496 e. The van der Waals surface area contributed by atoms with Crippen LogP contribution in [0.1, 0.15) is 24.0 Å². The van der Waals surface area contributed by atoms with E-state index in [4.69, 9.17) is 14.7 Å². The van der Waals surface area contributed by atoms with E-state index in [1.54, 1.807) is 20.3 Å². The molecule has 0 saturated heterocycles. The molecule has 88 valence electrons. The predicted octanol–water partition coefficient (Wildman–Crippen LogP) is 2.95. The lowest BCUT2D eigenvalue weighted by atomic mass is 9.86. The van der Waals surface area contributed by atoms with Crippen molar-refractivity contribution in [1.29, 1.82) is 5.26 Å². The van der Waals surface area contributed by atoms with Gasteiger partial charge in [-0.05, 0) is 37.0 Å². The second-order valence-electron chi connectivity index (χ2n) is 3.98. The highest BCUT2D eigenvalue weighted by Crippen LogP contribution is 2.41. The summed E-state index contributed by atoms with van der Waals surface area (Å²) >= 11 is 0. The molecule has 1 aliphatic carbocycles. The molecule has 0 aromatic heterocycles. The van der Waals surface area contributed by atoms with Crippen LogP contribution in [0.5, 0.6) is 11.5 Å². The van der Waals surface area contributed by atoms with E-state index < -0.39 is 0 Å². The Hall–Kier alpha value is -1.95. The third-order valence-corrected chi connectivity index (χ3v) is 3.10. The van der Waals surface area contributed by atoms with Crippen molar-refractivity contribution in [3.05, 3.63) is 29.3 Å². The van der Waals surface area contributed by atoms with Crippen LogP contribution >= 0.6 is 0 Å². The van der Waals surface area contributed by atoms with E-state index in [2.05, 4.69) is 6.07 Å². The van der Waals surface area contributed by atoms with Crippen LogP contribution in [0.4, 0.5) is 0 Å². The van der Waals surface area contributed by atoms with Crippen molar-refractivity contribution in [1.82, 2.24) is 0 Å². The molecule has 17 heavy (non-hydrogen) atoms. The first-order valence-corrected chi connectivity index (χ1v) is 5.64. The van der Waals surface area contributed by atoms with Crippen molar-refractivity contribution in [2.45, 2.75) is 19.3 Å². The lowest BCUT2D eigenvalue weighted by Gasteiger charge is -2.23. The molecule has 1 aliphatic rings. The molecule has 0 aliphatic heterocycles. The van der Waals surface area contributed by atoms with E-state index in [9.17, 15) is 0 Å². The molecule has 2 rings (SSSR count). The van der Waals surface area contributed by atoms with Crippen LogP contribution < -0.4 is 9.47 Å². The first-order valence-electron chi connectivity index (χ1n) is 5.64. The van der Waals surface area contributed by atoms with Gasteiger partial charge in [-0.1, -0.05) is 0 Å². The molecule has 0 radical (unpaired) electrons. The third-order valence-electron chi connectivity index (χ3n) is 3.10. The van der Waals surface area contributed by atoms with Gasteiger partial charge in [0, 0.05) is 17.2 Å². The second kappa shape index (κ2) is 4.92. The van der Waals surface area contributed by atoms with Crippen molar-refractivity contribution in [2.75, 3.05) is 14.2 Å². The van der Waals surface area contributed by atoms with Gasteiger partial charge in [-0.15, -0.1) is 0 Å². The molecule has 3 nitrogen and oxygen atoms in total. The molecular weight excluding hydrogens is 214 g/mol. The van der Waals surface area contributed by atoms with Gasteiger partial charge in [-0.3, -0.25) is 0 Å². The zero-order valence-corrected chi connectivity index (χ0v) is 10.1. The molecule has 0 heterocycles. The minimum atomic E-state index is 0.821. The van der Waals surface area contributed by atoms with Gasteiger partial charge >= 0.3 is 0 Å². The van der Waals surface area contributed by atoms with Gasteiger partial charge in [0.25, 0.3) is 0 Å². The van der Waals surface area contributed by atoms with Gasteiger partial charge in [0.15, 0.2) is 0 Å². The van der Waals surface area contributed by atoms with Crippen molar-refractivity contribution < 1.29 is 9.47 Å². The molecule has 0 bridgehead atoms. The number of rotatable bonds is 2. The van der Waals surface area contributed by atoms with Crippen molar-refractivity contribution in [2.24, 2.45) is 0 Å². The van der Waals surface area contributed by atoms with Crippen LogP contribution in [0.2, 0.25) is 0 Å². The molecule has 0 unspecified atom stereocenters. The number of fused-ring (bicyclic) bond motifs is 1. The number of hydrogen-bond acceptors (Lipinski definition) is 3. The smallest absolute Gasteiger partial charge is 0.126 e. The maximum Gasteiger partial charge on any atom is 0.126 e. The maximum atomic E-state index is 8.84. The lowest BCUT2D eigenvalue weighted by molar-refractivity contribution is 0.396. The van der Waals surface area contributed by atoms with Gasteiger partial charge < -0.3 is 9.47 Å². The number of hydrogen-bond donors (Lipinski definition) is 0. The Morgan fingerprint density at radius 2 is 1.88 bits per heavy atom. The van der Waals surface area contributed by atoms with E-state index in [0.29, 0.717) is 0 Å². The van der Waals surface area contributed by atoms with Crippen LogP contribution in [0, 0.1) is 11.3 Å². The van der Waals surface area contributed by atoms with Crippen LogP contribution in [-0.4, -0.2) is 14.2 Å². The first-order chi connectivity index (χ1) is 8.31. The Labute approximate surface area is 101 Å². The SMILES string of the molecule is COc1ccc(OC)c2c1CCC/C2=C\C#N. The summed E-state index contributed by atoms with van der Waals surface area (Å²) in [7, 11) is 3.32. The monoisotopic (exact) mass is 229 g/mol. The normalized spacial score (nSPS) is 16.2. The van der Waals surface area contributed by atoms with Crippen LogP contribution in [0.3, 0.4) is 0 Å². The van der Waals surface area contributed by atoms with Crippen molar-refractivity contribution in [3.63, 3.8) is 0 Å². The highest BCUT2D eigenvalue weighted by molar-refractivity contribution is 5.78. The second-order valence-corrected chi connectivity index (χ2v) is 3.98. The third kappa shape index (κ3) is 1.99. The van der Waals surface area contributed by atoms with Gasteiger partial charge in [0.05, 0.1) is 20.3 Å². The first kappa shape index (κ1) is 11.5. The van der Waals surface area contributed by atoms with Crippen molar-refractivity contribution in [3.8, 4) is 17.6 Å². The summed E-state index contributed by atoms with van der Waals surface area (Å²) in [6.45, 7) is 0. The highest BCUT2D eigenvalue weighted by atomic mass is 16.5. The molecule has 0 atom stereocenters. The topological polar surface area (TPSA) is 42.2 Å². The number of nitriles is 1. The number of nitrogens with zero attached hydrogens (tertiary/aromatic N) is 1. The zero-order valence-electron chi connectivity index (χ0n) is 10.1. The van der Waals surface area contributed by atoms with Gasteiger partial charge in [-0.2, -0.15) is 5.26 Å². The number of allylic oxidation sites excluding steroid dienone is 2. The van der Waals surface area contributed by atoms with Crippen LogP contribution in [0.25, 0.3) is 5.57 Å². The summed E-state index contributed by atoms with van der Waals surface area (Å²) < 4.78 is 10.8. The summed E-state index contributed by atoms with van der Waals surface area (Å²) in [5.74, 6) is 1.70. The summed E-state index contributed by atoms with van der Waals surface area (Å²) in [5.41, 5.74) is 3.24. The molecule has 0 N–H and O–H groups in total. The summed E-state index contributed by atoms with van der Waals surface area (Å²) in [6.07, 6.45) is 4.55. The fourth-order valence-corrected chi connectivity index (χ4v) is 2.37. The van der Waals surface area contributed by atoms with E-state index in [1.165, 1.54) is 0 Å². The van der Waals surface area contributed by atoms with Crippen LogP contribution in [-0.2, 0) is 6.42 Å². The average Bonchev–Trinajstić information content (AvgIpc) is 2.38. The Morgan fingerprint density at radius 3 is 2.53 bits per heavy atom. The largest absolute Gasteiger partial charge is 0.496 e. The zero-order chi connectivity index (χ0) is 12.3. The molecular formula is C14H15NO2. The highest BCUT2D eigenvalue weighted by Gasteiger charge is 2.21. The number of ether oxygens (including phenoxy) is 2. The quantitative estimate of drug-likeness (QED) is 0.732. The molecule has 0 fully saturated rings. The molecule has 3 heteroatoms. The van der Waals surface area contributed by atoms with E-state index in [-0.39, 0.29) is 0 Å². The van der Waals surface area contributed by atoms with Gasteiger partial charge in [0.2, 0.25) is 0 Å². The number of benzene rings is 1. The van der Waals surface area contributed by atoms with Crippen molar-refractivity contribution >= 4 is 5.57 Å². The molecule has 0 saturated carbocycles. The molecule has 0 amide bonds. The predicted molar refractivity (Wildman–Crippen MR) is 66.1 cm³/mol. The average molecular weight is 229 g/mol. The Balaban J connectivity index is 2.65. The fraction of sp³-hybridized carbons (Fsp3) is 0.357. The minimum absolute atomic E-state index is 0.821.